The van der Waals surface area contributed by atoms with Crippen LogP contribution in [0, 0.1) is 0 Å². The van der Waals surface area contributed by atoms with Crippen LogP contribution in [-0.4, -0.2) is 72.0 Å². The number of hydrogen-bond donors (Lipinski definition) is 5. The van der Waals surface area contributed by atoms with Crippen molar-refractivity contribution in [1.29, 1.82) is 0 Å². The van der Waals surface area contributed by atoms with Crippen LogP contribution in [0.4, 0.5) is 4.79 Å². The Kier molecular flexibility index (Phi) is 12.8. The highest BCUT2D eigenvalue weighted by Gasteiger charge is 2.26. The van der Waals surface area contributed by atoms with Gasteiger partial charge >= 0.3 is 6.09 Å². The van der Waals surface area contributed by atoms with Crippen molar-refractivity contribution in [3.8, 4) is 0 Å². The first-order chi connectivity index (χ1) is 16.8. The summed E-state index contributed by atoms with van der Waals surface area (Å²) in [5.41, 5.74) is 5.48. The molecule has 0 aromatic heterocycles. The summed E-state index contributed by atoms with van der Waals surface area (Å²) in [7, 11) is 0. The Morgan fingerprint density at radius 1 is 0.972 bits per heavy atom. The molecular weight excluding hydrogens is 486 g/mol. The highest BCUT2D eigenvalue weighted by molar-refractivity contribution is 7.98. The second-order valence-electron chi connectivity index (χ2n) is 9.14. The molecule has 0 aliphatic rings. The molecule has 5 amide bonds. The lowest BCUT2D eigenvalue weighted by Crippen LogP contribution is -2.55. The van der Waals surface area contributed by atoms with Crippen molar-refractivity contribution in [3.63, 3.8) is 0 Å². The number of primary amides is 1. The highest BCUT2D eigenvalue weighted by atomic mass is 32.2. The van der Waals surface area contributed by atoms with Crippen molar-refractivity contribution in [2.75, 3.05) is 18.6 Å². The third-order valence-corrected chi connectivity index (χ3v) is 5.40. The van der Waals surface area contributed by atoms with Gasteiger partial charge in [-0.3, -0.25) is 19.2 Å². The van der Waals surface area contributed by atoms with Crippen LogP contribution in [0.2, 0.25) is 0 Å². The molecule has 36 heavy (non-hydrogen) atoms. The van der Waals surface area contributed by atoms with Crippen LogP contribution < -0.4 is 27.0 Å². The fourth-order valence-electron chi connectivity index (χ4n) is 2.97. The molecule has 11 nitrogen and oxygen atoms in total. The van der Waals surface area contributed by atoms with E-state index in [0.29, 0.717) is 12.2 Å². The zero-order valence-corrected chi connectivity index (χ0v) is 22.2. The molecule has 1 aromatic rings. The zero-order valence-electron chi connectivity index (χ0n) is 21.4. The molecule has 0 spiro atoms. The first-order valence-corrected chi connectivity index (χ1v) is 12.9. The number of rotatable bonds is 13. The lowest BCUT2D eigenvalue weighted by Gasteiger charge is -2.23. The highest BCUT2D eigenvalue weighted by Crippen LogP contribution is 2.07. The molecule has 0 saturated carbocycles. The second kappa shape index (κ2) is 15.0. The standard InChI is InChI=1S/C24H37N5O6S/c1-15(27-23(34)35-24(2,3)4)21(32)26-14-19(30)28-18(13-16-9-7-6-8-10-16)22(33)29-17(20(25)31)11-12-36-5/h6-10,15,17-18H,11-14H2,1-5H3,(H2,25,31)(H,26,32)(H,27,34)(H,28,30)(H,29,33)/t15-,17+,18+/m1/s1. The average Bonchev–Trinajstić information content (AvgIpc) is 2.78. The SMILES string of the molecule is CSCC[C@H](NC(=O)[C@H](Cc1ccccc1)NC(=O)CNC(=O)[C@@H](C)NC(=O)OC(C)(C)C)C(N)=O. The third kappa shape index (κ3) is 12.4. The molecule has 0 saturated heterocycles. The number of hydrogen-bond acceptors (Lipinski definition) is 7. The Bertz CT molecular complexity index is 906. The van der Waals surface area contributed by atoms with Crippen molar-refractivity contribution >= 4 is 41.5 Å². The number of ether oxygens (including phenoxy) is 1. The molecule has 0 unspecified atom stereocenters. The number of benzene rings is 1. The molecule has 0 fully saturated rings. The summed E-state index contributed by atoms with van der Waals surface area (Å²) in [4.78, 5) is 61.4. The van der Waals surface area contributed by atoms with Gasteiger partial charge in [0.05, 0.1) is 6.54 Å². The summed E-state index contributed by atoms with van der Waals surface area (Å²) in [5, 5.41) is 10.0. The first-order valence-electron chi connectivity index (χ1n) is 11.5. The van der Waals surface area contributed by atoms with Gasteiger partial charge in [0.1, 0.15) is 23.7 Å². The Morgan fingerprint density at radius 3 is 2.17 bits per heavy atom. The third-order valence-electron chi connectivity index (χ3n) is 4.75. The largest absolute Gasteiger partial charge is 0.444 e. The minimum absolute atomic E-state index is 0.164. The number of carbonyl (C=O) groups excluding carboxylic acids is 5. The van der Waals surface area contributed by atoms with Crippen molar-refractivity contribution in [2.24, 2.45) is 5.73 Å². The topological polar surface area (TPSA) is 169 Å². The smallest absolute Gasteiger partial charge is 0.408 e. The lowest BCUT2D eigenvalue weighted by atomic mass is 10.0. The van der Waals surface area contributed by atoms with Gasteiger partial charge in [-0.15, -0.1) is 0 Å². The normalized spacial score (nSPS) is 13.5. The van der Waals surface area contributed by atoms with Gasteiger partial charge in [-0.1, -0.05) is 30.3 Å². The molecule has 1 rings (SSSR count). The first kappa shape index (κ1) is 30.8. The summed E-state index contributed by atoms with van der Waals surface area (Å²) in [6, 6.07) is 6.19. The number of amides is 5. The van der Waals surface area contributed by atoms with E-state index in [0.717, 1.165) is 5.56 Å². The van der Waals surface area contributed by atoms with Gasteiger partial charge < -0.3 is 31.7 Å². The van der Waals surface area contributed by atoms with Gasteiger partial charge in [-0.25, -0.2) is 4.79 Å². The molecular formula is C24H37N5O6S. The monoisotopic (exact) mass is 523 g/mol. The summed E-state index contributed by atoms with van der Waals surface area (Å²) in [6.07, 6.45) is 1.62. The molecule has 0 heterocycles. The van der Waals surface area contributed by atoms with E-state index in [9.17, 15) is 24.0 Å². The summed E-state index contributed by atoms with van der Waals surface area (Å²) < 4.78 is 5.10. The van der Waals surface area contributed by atoms with Crippen LogP contribution in [0.15, 0.2) is 30.3 Å². The maximum atomic E-state index is 13.0. The van der Waals surface area contributed by atoms with E-state index in [-0.39, 0.29) is 6.42 Å². The molecule has 3 atom stereocenters. The molecule has 0 radical (unpaired) electrons. The van der Waals surface area contributed by atoms with Gasteiger partial charge in [0.15, 0.2) is 0 Å². The van der Waals surface area contributed by atoms with E-state index in [1.165, 1.54) is 18.7 Å². The second-order valence-corrected chi connectivity index (χ2v) is 10.1. The Labute approximate surface area is 216 Å². The van der Waals surface area contributed by atoms with Gasteiger partial charge in [0.2, 0.25) is 23.6 Å². The van der Waals surface area contributed by atoms with Crippen LogP contribution in [0.25, 0.3) is 0 Å². The molecule has 0 bridgehead atoms. The molecule has 12 heteroatoms. The van der Waals surface area contributed by atoms with Gasteiger partial charge in [-0.2, -0.15) is 11.8 Å². The van der Waals surface area contributed by atoms with E-state index in [1.807, 2.05) is 12.3 Å². The van der Waals surface area contributed by atoms with Crippen LogP contribution in [0.1, 0.15) is 39.7 Å². The van der Waals surface area contributed by atoms with E-state index in [4.69, 9.17) is 10.5 Å². The van der Waals surface area contributed by atoms with E-state index >= 15 is 0 Å². The van der Waals surface area contributed by atoms with Gasteiger partial charge in [0, 0.05) is 6.42 Å². The minimum atomic E-state index is -1.01. The van der Waals surface area contributed by atoms with Crippen LogP contribution in [0.5, 0.6) is 0 Å². The Hall–Kier alpha value is -3.28. The van der Waals surface area contributed by atoms with Crippen molar-refractivity contribution in [1.82, 2.24) is 21.3 Å². The molecule has 0 aliphatic carbocycles. The van der Waals surface area contributed by atoms with Crippen LogP contribution >= 0.6 is 11.8 Å². The lowest BCUT2D eigenvalue weighted by molar-refractivity contribution is -0.131. The number of nitrogens with one attached hydrogen (secondary N) is 4. The fourth-order valence-corrected chi connectivity index (χ4v) is 3.44. The number of nitrogens with two attached hydrogens (primary N) is 1. The average molecular weight is 524 g/mol. The van der Waals surface area contributed by atoms with Crippen molar-refractivity contribution < 1.29 is 28.7 Å². The summed E-state index contributed by atoms with van der Waals surface area (Å²) >= 11 is 1.51. The predicted octanol–water partition coefficient (Wildman–Crippen LogP) is 0.467. The number of carbonyl (C=O) groups is 5. The predicted molar refractivity (Wildman–Crippen MR) is 138 cm³/mol. The fraction of sp³-hybridized carbons (Fsp3) is 0.542. The molecule has 1 aromatic carbocycles. The number of alkyl carbamates (subject to hydrolysis) is 1. The molecule has 0 aliphatic heterocycles. The summed E-state index contributed by atoms with van der Waals surface area (Å²) in [6.45, 7) is 6.10. The Morgan fingerprint density at radius 2 is 1.61 bits per heavy atom. The quantitative estimate of drug-likeness (QED) is 0.250. The van der Waals surface area contributed by atoms with Crippen LogP contribution in [-0.2, 0) is 30.3 Å². The molecule has 200 valence electrons. The maximum Gasteiger partial charge on any atom is 0.408 e. The zero-order chi connectivity index (χ0) is 27.3. The van der Waals surface area contributed by atoms with E-state index < -0.39 is 60.0 Å². The number of thioether (sulfide) groups is 1. The van der Waals surface area contributed by atoms with Crippen molar-refractivity contribution in [2.45, 2.75) is 64.3 Å². The van der Waals surface area contributed by atoms with Gasteiger partial charge in [-0.05, 0) is 51.7 Å². The minimum Gasteiger partial charge on any atom is -0.444 e. The Balaban J connectivity index is 2.77. The van der Waals surface area contributed by atoms with Gasteiger partial charge in [0.25, 0.3) is 0 Å². The summed E-state index contributed by atoms with van der Waals surface area (Å²) in [5.74, 6) is -1.84. The van der Waals surface area contributed by atoms with E-state index in [1.54, 1.807) is 45.0 Å². The maximum absolute atomic E-state index is 13.0. The van der Waals surface area contributed by atoms with E-state index in [2.05, 4.69) is 21.3 Å². The van der Waals surface area contributed by atoms with Crippen LogP contribution in [0.3, 0.4) is 0 Å². The molecule has 6 N–H and O–H groups in total. The van der Waals surface area contributed by atoms with Crippen molar-refractivity contribution in [3.05, 3.63) is 35.9 Å².